The monoisotopic (exact) mass is 515 g/mol. The zero-order valence-electron chi connectivity index (χ0n) is 21.7. The summed E-state index contributed by atoms with van der Waals surface area (Å²) < 4.78 is 33.4. The summed E-state index contributed by atoms with van der Waals surface area (Å²) in [5.41, 5.74) is 0.820. The number of amidine groups is 1. The third-order valence-corrected chi connectivity index (χ3v) is 7.71. The molecule has 0 saturated carbocycles. The second-order valence-corrected chi connectivity index (χ2v) is 11.8. The van der Waals surface area contributed by atoms with Crippen LogP contribution < -0.4 is 5.32 Å². The molecule has 0 unspecified atom stereocenters. The van der Waals surface area contributed by atoms with Gasteiger partial charge in [-0.1, -0.05) is 23.8 Å². The second kappa shape index (κ2) is 10.8. The van der Waals surface area contributed by atoms with Crippen LogP contribution in [0.2, 0.25) is 0 Å². The molecule has 1 fully saturated rings. The number of benzene rings is 1. The summed E-state index contributed by atoms with van der Waals surface area (Å²) in [6, 6.07) is 8.15. The second-order valence-electron chi connectivity index (χ2n) is 9.95. The molecular formula is C26H37N5O4S. The molecule has 3 rings (SSSR count). The Bertz CT molecular complexity index is 1210. The molecule has 2 aromatic rings. The van der Waals surface area contributed by atoms with E-state index in [1.54, 1.807) is 48.4 Å². The van der Waals surface area contributed by atoms with Gasteiger partial charge in [-0.05, 0) is 58.7 Å². The maximum Gasteiger partial charge on any atom is 0.410 e. The number of carbonyl (C=O) groups is 1. The van der Waals surface area contributed by atoms with Gasteiger partial charge in [-0.2, -0.15) is 0 Å². The fourth-order valence-electron chi connectivity index (χ4n) is 4.29. The summed E-state index contributed by atoms with van der Waals surface area (Å²) in [5, 5.41) is 12.0. The summed E-state index contributed by atoms with van der Waals surface area (Å²) in [5.74, 6) is 0.461. The van der Waals surface area contributed by atoms with Gasteiger partial charge < -0.3 is 19.9 Å². The molecule has 0 aliphatic carbocycles. The van der Waals surface area contributed by atoms with Gasteiger partial charge in [0.1, 0.15) is 17.3 Å². The molecule has 9 nitrogen and oxygen atoms in total. The lowest BCUT2D eigenvalue weighted by Crippen LogP contribution is -2.52. The molecule has 196 valence electrons. The third-order valence-electron chi connectivity index (χ3n) is 6.02. The average molecular weight is 516 g/mol. The van der Waals surface area contributed by atoms with Gasteiger partial charge in [0.15, 0.2) is 0 Å². The number of carbonyl (C=O) groups excluding carboxylic acids is 1. The number of aromatic nitrogens is 1. The Kier molecular flexibility index (Phi) is 8.18. The van der Waals surface area contributed by atoms with E-state index in [0.717, 1.165) is 18.4 Å². The molecule has 1 saturated heterocycles. The molecule has 1 aromatic heterocycles. The van der Waals surface area contributed by atoms with E-state index in [-0.39, 0.29) is 22.9 Å². The van der Waals surface area contributed by atoms with Crippen molar-refractivity contribution in [2.24, 2.45) is 0 Å². The van der Waals surface area contributed by atoms with E-state index in [9.17, 15) is 13.2 Å². The Balaban J connectivity index is 1.90. The lowest BCUT2D eigenvalue weighted by Gasteiger charge is -2.40. The van der Waals surface area contributed by atoms with E-state index in [4.69, 9.17) is 10.1 Å². The van der Waals surface area contributed by atoms with Crippen LogP contribution in [0.25, 0.3) is 0 Å². The van der Waals surface area contributed by atoms with Crippen molar-refractivity contribution in [3.05, 3.63) is 60.3 Å². The summed E-state index contributed by atoms with van der Waals surface area (Å²) in [4.78, 5) is 16.4. The Morgan fingerprint density at radius 3 is 2.53 bits per heavy atom. The van der Waals surface area contributed by atoms with Crippen molar-refractivity contribution in [1.29, 1.82) is 5.41 Å². The molecule has 2 N–H and O–H groups in total. The van der Waals surface area contributed by atoms with Crippen LogP contribution in [0.15, 0.2) is 54.1 Å². The van der Waals surface area contributed by atoms with Gasteiger partial charge >= 0.3 is 6.09 Å². The van der Waals surface area contributed by atoms with E-state index < -0.39 is 15.6 Å². The molecule has 1 amide bonds. The topological polar surface area (TPSA) is 108 Å². The van der Waals surface area contributed by atoms with Crippen LogP contribution in [0.3, 0.4) is 0 Å². The first kappa shape index (κ1) is 27.3. The van der Waals surface area contributed by atoms with Crippen LogP contribution in [0.1, 0.15) is 44.7 Å². The maximum absolute atomic E-state index is 13.4. The molecule has 0 bridgehead atoms. The Hall–Kier alpha value is -3.27. The van der Waals surface area contributed by atoms with E-state index >= 15 is 0 Å². The van der Waals surface area contributed by atoms with Crippen molar-refractivity contribution in [2.45, 2.75) is 57.1 Å². The van der Waals surface area contributed by atoms with Crippen LogP contribution >= 0.6 is 0 Å². The number of hydrogen-bond donors (Lipinski definition) is 2. The van der Waals surface area contributed by atoms with Crippen molar-refractivity contribution in [2.75, 3.05) is 32.0 Å². The molecule has 2 heterocycles. The lowest BCUT2D eigenvalue weighted by molar-refractivity contribution is 0.0153. The van der Waals surface area contributed by atoms with Crippen molar-refractivity contribution < 1.29 is 17.9 Å². The summed E-state index contributed by atoms with van der Waals surface area (Å²) >= 11 is 0. The average Bonchev–Trinajstić information content (AvgIpc) is 3.26. The van der Waals surface area contributed by atoms with Gasteiger partial charge in [-0.25, -0.2) is 17.2 Å². The SMILES string of the molecule is C=CCN(C(=N)c1ccn(S(=O)(=O)c2ccc(C)cc2)c1NC)[C@@H]1CCCN(C(=O)OC(C)(C)C)C1. The highest BCUT2D eigenvalue weighted by Crippen LogP contribution is 2.27. The number of likely N-dealkylation sites (tertiary alicyclic amines) is 1. The quantitative estimate of drug-likeness (QED) is 0.324. The van der Waals surface area contributed by atoms with E-state index in [1.165, 1.54) is 10.2 Å². The number of ether oxygens (including phenoxy) is 1. The fourth-order valence-corrected chi connectivity index (χ4v) is 5.65. The van der Waals surface area contributed by atoms with Gasteiger partial charge in [0.2, 0.25) is 0 Å². The number of piperidine rings is 1. The van der Waals surface area contributed by atoms with Crippen LogP contribution in [-0.4, -0.2) is 72.4 Å². The first-order valence-corrected chi connectivity index (χ1v) is 13.5. The minimum atomic E-state index is -3.86. The lowest BCUT2D eigenvalue weighted by atomic mass is 10.0. The van der Waals surface area contributed by atoms with E-state index in [2.05, 4.69) is 11.9 Å². The highest BCUT2D eigenvalue weighted by atomic mass is 32.2. The highest BCUT2D eigenvalue weighted by Gasteiger charge is 2.33. The standard InChI is InChI=1S/C26H37N5O4S/c1-7-15-30(20-9-8-16-29(18-20)25(32)35-26(3,4)5)23(27)22-14-17-31(24(22)28-6)36(33,34)21-12-10-19(2)11-13-21/h7,10-14,17,20,27-28H,1,8-9,15-16,18H2,2-6H3/t20-/m1/s1. The number of amides is 1. The predicted octanol–water partition coefficient (Wildman–Crippen LogP) is 4.29. The molecule has 1 atom stereocenters. The summed E-state index contributed by atoms with van der Waals surface area (Å²) in [6.07, 6.45) is 4.35. The smallest absolute Gasteiger partial charge is 0.410 e. The number of aryl methyl sites for hydroxylation is 1. The molecule has 10 heteroatoms. The molecular weight excluding hydrogens is 478 g/mol. The van der Waals surface area contributed by atoms with Crippen molar-refractivity contribution in [1.82, 2.24) is 13.8 Å². The third kappa shape index (κ3) is 5.92. The molecule has 1 aliphatic rings. The van der Waals surface area contributed by atoms with Gasteiger partial charge in [-0.15, -0.1) is 6.58 Å². The minimum absolute atomic E-state index is 0.140. The first-order chi connectivity index (χ1) is 16.9. The number of anilines is 1. The van der Waals surface area contributed by atoms with E-state index in [1.807, 2.05) is 32.6 Å². The largest absolute Gasteiger partial charge is 0.444 e. The predicted molar refractivity (Wildman–Crippen MR) is 142 cm³/mol. The summed E-state index contributed by atoms with van der Waals surface area (Å²) in [6.45, 7) is 12.6. The van der Waals surface area contributed by atoms with E-state index in [0.29, 0.717) is 31.0 Å². The molecule has 1 aliphatic heterocycles. The highest BCUT2D eigenvalue weighted by molar-refractivity contribution is 7.90. The number of hydrogen-bond acceptors (Lipinski definition) is 6. The molecule has 0 spiro atoms. The van der Waals surface area contributed by atoms with Crippen molar-refractivity contribution in [3.63, 3.8) is 0 Å². The van der Waals surface area contributed by atoms with Gasteiger partial charge in [0.25, 0.3) is 10.0 Å². The fraction of sp³-hybridized carbons (Fsp3) is 0.462. The Morgan fingerprint density at radius 1 is 1.28 bits per heavy atom. The Morgan fingerprint density at radius 2 is 1.94 bits per heavy atom. The minimum Gasteiger partial charge on any atom is -0.444 e. The number of nitrogens with one attached hydrogen (secondary N) is 2. The molecule has 0 radical (unpaired) electrons. The van der Waals surface area contributed by atoms with Gasteiger partial charge in [0.05, 0.1) is 10.5 Å². The van der Waals surface area contributed by atoms with Crippen LogP contribution in [0.4, 0.5) is 10.6 Å². The van der Waals surface area contributed by atoms with Crippen molar-refractivity contribution in [3.8, 4) is 0 Å². The van der Waals surface area contributed by atoms with Crippen LogP contribution in [0, 0.1) is 12.3 Å². The zero-order valence-corrected chi connectivity index (χ0v) is 22.6. The van der Waals surface area contributed by atoms with Crippen molar-refractivity contribution >= 4 is 27.8 Å². The zero-order chi connectivity index (χ0) is 26.7. The molecule has 36 heavy (non-hydrogen) atoms. The normalized spacial score (nSPS) is 16.4. The van der Waals surface area contributed by atoms with Gasteiger partial charge in [0, 0.05) is 38.9 Å². The number of rotatable bonds is 7. The van der Waals surface area contributed by atoms with Crippen LogP contribution in [0.5, 0.6) is 0 Å². The molecule has 1 aromatic carbocycles. The van der Waals surface area contributed by atoms with Crippen LogP contribution in [-0.2, 0) is 14.8 Å². The first-order valence-electron chi connectivity index (χ1n) is 12.0. The summed E-state index contributed by atoms with van der Waals surface area (Å²) in [7, 11) is -2.23. The number of nitrogens with zero attached hydrogens (tertiary/aromatic N) is 3. The maximum atomic E-state index is 13.4. The van der Waals surface area contributed by atoms with Gasteiger partial charge in [-0.3, -0.25) is 5.41 Å². The Labute approximate surface area is 214 Å².